The molecule has 3 aromatic rings. The van der Waals surface area contributed by atoms with Gasteiger partial charge in [0.25, 0.3) is 5.91 Å². The molecule has 1 fully saturated rings. The van der Waals surface area contributed by atoms with Crippen molar-refractivity contribution in [2.75, 3.05) is 39.2 Å². The smallest absolute Gasteiger partial charge is 0.417 e. The minimum atomic E-state index is -4.48. The lowest BCUT2D eigenvalue weighted by Gasteiger charge is -2.17. The summed E-state index contributed by atoms with van der Waals surface area (Å²) in [6, 6.07) is 3.72. The van der Waals surface area contributed by atoms with Crippen LogP contribution in [0.5, 0.6) is 17.8 Å². The molecule has 3 aromatic heterocycles. The van der Waals surface area contributed by atoms with Crippen LogP contribution in [0.4, 0.5) is 18.9 Å². The van der Waals surface area contributed by atoms with Crippen molar-refractivity contribution < 1.29 is 41.7 Å². The summed E-state index contributed by atoms with van der Waals surface area (Å²) in [5, 5.41) is 6.80. The van der Waals surface area contributed by atoms with E-state index < -0.39 is 17.8 Å². The van der Waals surface area contributed by atoms with E-state index in [0.717, 1.165) is 12.1 Å². The van der Waals surface area contributed by atoms with Crippen LogP contribution in [0.3, 0.4) is 0 Å². The molecule has 2 unspecified atom stereocenters. The van der Waals surface area contributed by atoms with E-state index in [-0.39, 0.29) is 56.1 Å². The number of alkyl halides is 3. The van der Waals surface area contributed by atoms with Crippen LogP contribution in [-0.4, -0.2) is 87.6 Å². The molecule has 0 aromatic carbocycles. The van der Waals surface area contributed by atoms with Crippen molar-refractivity contribution in [1.29, 1.82) is 0 Å². The normalized spacial score (nSPS) is 16.8. The Labute approximate surface area is 226 Å². The van der Waals surface area contributed by atoms with Gasteiger partial charge >= 0.3 is 12.2 Å². The number of nitrogens with one attached hydrogen (secondary N) is 1. The number of ether oxygens (including phenoxy) is 4. The highest BCUT2D eigenvalue weighted by Gasteiger charge is 2.33. The van der Waals surface area contributed by atoms with Gasteiger partial charge in [-0.3, -0.25) is 14.3 Å². The van der Waals surface area contributed by atoms with Crippen LogP contribution in [0.1, 0.15) is 12.0 Å². The Morgan fingerprint density at radius 2 is 2.02 bits per heavy atom. The van der Waals surface area contributed by atoms with E-state index >= 15 is 0 Å². The third kappa shape index (κ3) is 7.78. The standard InChI is InChI=1S/C24H26F3N7O6/c1-33(7-8-38-19-4-3-15(10-29-19)24(25,26)27)21(35)13-34-12-16(11-30-34)31-22(36)18-9-17(14-39-18)40-20-5-6-28-23(32-20)37-2/h3-6,10-12,17-18H,7-9,13-14H2,1-2H3,(H,31,36). The second-order valence-corrected chi connectivity index (χ2v) is 8.64. The number of pyridine rings is 1. The van der Waals surface area contributed by atoms with Gasteiger partial charge in [-0.15, -0.1) is 0 Å². The van der Waals surface area contributed by atoms with Crippen molar-refractivity contribution in [3.8, 4) is 17.8 Å². The first kappa shape index (κ1) is 28.5. The molecule has 40 heavy (non-hydrogen) atoms. The Balaban J connectivity index is 1.18. The molecular weight excluding hydrogens is 539 g/mol. The molecule has 214 valence electrons. The monoisotopic (exact) mass is 565 g/mol. The molecule has 13 nitrogen and oxygen atoms in total. The average molecular weight is 566 g/mol. The Hall–Kier alpha value is -4.47. The number of carbonyl (C=O) groups is 2. The fraction of sp³-hybridized carbons (Fsp3) is 0.417. The van der Waals surface area contributed by atoms with Crippen LogP contribution in [0.15, 0.2) is 43.0 Å². The largest absolute Gasteiger partial charge is 0.476 e. The van der Waals surface area contributed by atoms with Crippen molar-refractivity contribution in [2.24, 2.45) is 0 Å². The molecule has 0 spiro atoms. The van der Waals surface area contributed by atoms with Gasteiger partial charge in [-0.05, 0) is 6.07 Å². The van der Waals surface area contributed by atoms with Gasteiger partial charge in [0, 0.05) is 44.2 Å². The second kappa shape index (κ2) is 12.6. The number of amides is 2. The van der Waals surface area contributed by atoms with E-state index in [1.54, 1.807) is 13.1 Å². The number of anilines is 1. The van der Waals surface area contributed by atoms with Crippen molar-refractivity contribution in [3.05, 3.63) is 48.5 Å². The molecule has 0 aliphatic carbocycles. The first-order valence-electron chi connectivity index (χ1n) is 12.0. The number of aromatic nitrogens is 5. The summed E-state index contributed by atoms with van der Waals surface area (Å²) in [7, 11) is 2.99. The van der Waals surface area contributed by atoms with Crippen LogP contribution in [0.25, 0.3) is 0 Å². The Morgan fingerprint density at radius 1 is 1.20 bits per heavy atom. The fourth-order valence-corrected chi connectivity index (χ4v) is 3.56. The summed E-state index contributed by atoms with van der Waals surface area (Å²) in [6.07, 6.45) is -0.224. The zero-order valence-electron chi connectivity index (χ0n) is 21.5. The van der Waals surface area contributed by atoms with Gasteiger partial charge in [0.2, 0.25) is 17.7 Å². The predicted octanol–water partition coefficient (Wildman–Crippen LogP) is 1.81. The van der Waals surface area contributed by atoms with E-state index in [0.29, 0.717) is 24.2 Å². The SMILES string of the molecule is COc1nccc(OC2COC(C(=O)Nc3cnn(CC(=O)N(C)CCOc4ccc(C(F)(F)F)cn4)c3)C2)n1. The van der Waals surface area contributed by atoms with E-state index in [9.17, 15) is 22.8 Å². The van der Waals surface area contributed by atoms with E-state index in [1.807, 2.05) is 0 Å². The lowest BCUT2D eigenvalue weighted by Crippen LogP contribution is -2.33. The molecule has 2 amide bonds. The summed E-state index contributed by atoms with van der Waals surface area (Å²) in [5.41, 5.74) is -0.499. The van der Waals surface area contributed by atoms with Crippen molar-refractivity contribution >= 4 is 17.5 Å². The lowest BCUT2D eigenvalue weighted by molar-refractivity contribution is -0.138. The van der Waals surface area contributed by atoms with Gasteiger partial charge in [-0.2, -0.15) is 23.3 Å². The van der Waals surface area contributed by atoms with Gasteiger partial charge in [-0.25, -0.2) is 9.97 Å². The highest BCUT2D eigenvalue weighted by atomic mass is 19.4. The Bertz CT molecular complexity index is 1300. The molecule has 1 aliphatic heterocycles. The van der Waals surface area contributed by atoms with Crippen LogP contribution >= 0.6 is 0 Å². The molecular formula is C24H26F3N7O6. The van der Waals surface area contributed by atoms with Crippen LogP contribution in [0, 0.1) is 0 Å². The van der Waals surface area contributed by atoms with Crippen molar-refractivity contribution in [2.45, 2.75) is 31.3 Å². The zero-order valence-corrected chi connectivity index (χ0v) is 21.5. The summed E-state index contributed by atoms with van der Waals surface area (Å²) in [6.45, 7) is 0.278. The van der Waals surface area contributed by atoms with Crippen LogP contribution in [0.2, 0.25) is 0 Å². The quantitative estimate of drug-likeness (QED) is 0.366. The molecule has 2 atom stereocenters. The minimum absolute atomic E-state index is 0.0136. The van der Waals surface area contributed by atoms with Gasteiger partial charge in [0.05, 0.1) is 37.7 Å². The minimum Gasteiger partial charge on any atom is -0.476 e. The molecule has 0 radical (unpaired) electrons. The third-order valence-electron chi connectivity index (χ3n) is 5.69. The maximum Gasteiger partial charge on any atom is 0.417 e. The number of likely N-dealkylation sites (N-methyl/N-ethyl adjacent to an activating group) is 1. The lowest BCUT2D eigenvalue weighted by atomic mass is 10.2. The number of methoxy groups -OCH3 is 1. The maximum absolute atomic E-state index is 12.6. The Morgan fingerprint density at radius 3 is 2.75 bits per heavy atom. The van der Waals surface area contributed by atoms with E-state index in [2.05, 4.69) is 25.4 Å². The molecule has 1 N–H and O–H groups in total. The average Bonchev–Trinajstić information content (AvgIpc) is 3.58. The van der Waals surface area contributed by atoms with E-state index in [1.165, 1.54) is 35.3 Å². The number of hydrogen-bond acceptors (Lipinski definition) is 10. The van der Waals surface area contributed by atoms with Crippen LogP contribution in [-0.2, 0) is 27.0 Å². The predicted molar refractivity (Wildman–Crippen MR) is 131 cm³/mol. The summed E-state index contributed by atoms with van der Waals surface area (Å²) in [5.74, 6) is -0.367. The summed E-state index contributed by atoms with van der Waals surface area (Å²) in [4.78, 5) is 38.1. The molecule has 1 saturated heterocycles. The highest BCUT2D eigenvalue weighted by Crippen LogP contribution is 2.29. The van der Waals surface area contributed by atoms with Crippen molar-refractivity contribution in [1.82, 2.24) is 29.6 Å². The molecule has 1 aliphatic rings. The highest BCUT2D eigenvalue weighted by molar-refractivity contribution is 5.94. The van der Waals surface area contributed by atoms with Gasteiger partial charge < -0.3 is 29.2 Å². The van der Waals surface area contributed by atoms with Gasteiger partial charge in [0.15, 0.2) is 0 Å². The summed E-state index contributed by atoms with van der Waals surface area (Å²) >= 11 is 0. The summed E-state index contributed by atoms with van der Waals surface area (Å²) < 4.78 is 60.8. The number of hydrogen-bond donors (Lipinski definition) is 1. The molecule has 4 heterocycles. The first-order chi connectivity index (χ1) is 19.1. The molecule has 4 rings (SSSR count). The number of halogens is 3. The van der Waals surface area contributed by atoms with Crippen molar-refractivity contribution in [3.63, 3.8) is 0 Å². The van der Waals surface area contributed by atoms with E-state index in [4.69, 9.17) is 18.9 Å². The molecule has 0 bridgehead atoms. The second-order valence-electron chi connectivity index (χ2n) is 8.64. The molecule has 16 heteroatoms. The fourth-order valence-electron chi connectivity index (χ4n) is 3.56. The zero-order chi connectivity index (χ0) is 28.7. The van der Waals surface area contributed by atoms with Gasteiger partial charge in [-0.1, -0.05) is 0 Å². The Kier molecular flexibility index (Phi) is 8.98. The first-order valence-corrected chi connectivity index (χ1v) is 12.0. The van der Waals surface area contributed by atoms with Gasteiger partial charge in [0.1, 0.15) is 25.4 Å². The molecule has 0 saturated carbocycles. The third-order valence-corrected chi connectivity index (χ3v) is 5.69. The number of carbonyl (C=O) groups excluding carboxylic acids is 2. The number of nitrogens with zero attached hydrogens (tertiary/aromatic N) is 6. The maximum atomic E-state index is 12.6. The van der Waals surface area contributed by atoms with Crippen LogP contribution < -0.4 is 19.5 Å². The number of rotatable bonds is 11. The topological polar surface area (TPSA) is 143 Å².